The van der Waals surface area contributed by atoms with E-state index in [0.29, 0.717) is 17.3 Å². The van der Waals surface area contributed by atoms with E-state index in [1.54, 1.807) is 12.1 Å². The van der Waals surface area contributed by atoms with Gasteiger partial charge in [-0.3, -0.25) is 0 Å². The maximum atomic E-state index is 8.99. The Morgan fingerprint density at radius 1 is 1.00 bits per heavy atom. The number of hydrogen-bond acceptors (Lipinski definition) is 5. The van der Waals surface area contributed by atoms with Crippen molar-refractivity contribution in [3.05, 3.63) is 70.3 Å². The molecule has 0 aliphatic heterocycles. The zero-order valence-corrected chi connectivity index (χ0v) is 14.5. The van der Waals surface area contributed by atoms with Gasteiger partial charge in [0.15, 0.2) is 0 Å². The first-order valence-electron chi connectivity index (χ1n) is 7.28. The molecule has 3 rings (SSSR count). The summed E-state index contributed by atoms with van der Waals surface area (Å²) in [5.74, 6) is 1.16. The van der Waals surface area contributed by atoms with Gasteiger partial charge in [0.2, 0.25) is 5.95 Å². The summed E-state index contributed by atoms with van der Waals surface area (Å²) in [5, 5.41) is 15.4. The SMILES string of the molecule is Cc1cc(Nc2cccc(C#N)c2)nc(Nc2ccccc2Br)n1. The van der Waals surface area contributed by atoms with Gasteiger partial charge in [-0.1, -0.05) is 18.2 Å². The zero-order chi connectivity index (χ0) is 16.9. The normalized spacial score (nSPS) is 10.0. The molecule has 1 heterocycles. The van der Waals surface area contributed by atoms with Gasteiger partial charge in [-0.05, 0) is 53.2 Å². The number of nitriles is 1. The molecule has 0 aliphatic rings. The van der Waals surface area contributed by atoms with Crippen molar-refractivity contribution in [3.8, 4) is 6.07 Å². The van der Waals surface area contributed by atoms with Crippen LogP contribution >= 0.6 is 15.9 Å². The summed E-state index contributed by atoms with van der Waals surface area (Å²) in [6, 6.07) is 19.0. The van der Waals surface area contributed by atoms with Crippen LogP contribution < -0.4 is 10.6 Å². The zero-order valence-electron chi connectivity index (χ0n) is 12.9. The van der Waals surface area contributed by atoms with Crippen molar-refractivity contribution in [1.29, 1.82) is 5.26 Å². The molecule has 24 heavy (non-hydrogen) atoms. The number of halogens is 1. The quantitative estimate of drug-likeness (QED) is 0.673. The lowest BCUT2D eigenvalue weighted by molar-refractivity contribution is 1.11. The molecule has 0 atom stereocenters. The predicted molar refractivity (Wildman–Crippen MR) is 98.6 cm³/mol. The van der Waals surface area contributed by atoms with Gasteiger partial charge in [0.05, 0.1) is 17.3 Å². The molecule has 0 fully saturated rings. The van der Waals surface area contributed by atoms with Crippen molar-refractivity contribution >= 4 is 39.1 Å². The fraction of sp³-hybridized carbons (Fsp3) is 0.0556. The maximum Gasteiger partial charge on any atom is 0.229 e. The van der Waals surface area contributed by atoms with E-state index in [0.717, 1.165) is 21.5 Å². The number of nitrogens with one attached hydrogen (secondary N) is 2. The summed E-state index contributed by atoms with van der Waals surface area (Å²) in [6.45, 7) is 1.91. The van der Waals surface area contributed by atoms with Crippen molar-refractivity contribution in [1.82, 2.24) is 9.97 Å². The number of para-hydroxylation sites is 1. The molecule has 1 aromatic heterocycles. The first kappa shape index (κ1) is 16.0. The highest BCUT2D eigenvalue weighted by Gasteiger charge is 2.06. The van der Waals surface area contributed by atoms with Gasteiger partial charge >= 0.3 is 0 Å². The Balaban J connectivity index is 1.86. The standard InChI is InChI=1S/C18H14BrN5/c1-12-9-17(22-14-6-4-5-13(10-14)11-20)24-18(21-12)23-16-8-3-2-7-15(16)19/h2-10H,1H3,(H2,21,22,23,24). The van der Waals surface area contributed by atoms with Gasteiger partial charge < -0.3 is 10.6 Å². The molecular formula is C18H14BrN5. The van der Waals surface area contributed by atoms with Crippen molar-refractivity contribution in [2.45, 2.75) is 6.92 Å². The number of hydrogen-bond donors (Lipinski definition) is 2. The Labute approximate surface area is 148 Å². The van der Waals surface area contributed by atoms with E-state index < -0.39 is 0 Å². The third kappa shape index (κ3) is 3.89. The molecule has 0 saturated heterocycles. The molecule has 5 nitrogen and oxygen atoms in total. The highest BCUT2D eigenvalue weighted by molar-refractivity contribution is 9.10. The van der Waals surface area contributed by atoms with E-state index in [2.05, 4.69) is 42.6 Å². The molecule has 0 saturated carbocycles. The summed E-state index contributed by atoms with van der Waals surface area (Å²) in [4.78, 5) is 8.89. The number of benzene rings is 2. The van der Waals surface area contributed by atoms with Crippen LogP contribution in [0.15, 0.2) is 59.1 Å². The van der Waals surface area contributed by atoms with Crippen molar-refractivity contribution in [2.75, 3.05) is 10.6 Å². The molecule has 0 amide bonds. The van der Waals surface area contributed by atoms with Crippen molar-refractivity contribution < 1.29 is 0 Å². The summed E-state index contributed by atoms with van der Waals surface area (Å²) in [6.07, 6.45) is 0. The summed E-state index contributed by atoms with van der Waals surface area (Å²) in [7, 11) is 0. The number of aryl methyl sites for hydroxylation is 1. The average molecular weight is 380 g/mol. The third-order valence-electron chi connectivity index (χ3n) is 3.24. The van der Waals surface area contributed by atoms with E-state index >= 15 is 0 Å². The largest absolute Gasteiger partial charge is 0.340 e. The summed E-state index contributed by atoms with van der Waals surface area (Å²) < 4.78 is 0.936. The van der Waals surface area contributed by atoms with Crippen molar-refractivity contribution in [2.24, 2.45) is 0 Å². The van der Waals surface area contributed by atoms with Crippen LogP contribution in [0.5, 0.6) is 0 Å². The van der Waals surface area contributed by atoms with E-state index in [9.17, 15) is 0 Å². The van der Waals surface area contributed by atoms with Crippen LogP contribution in [-0.4, -0.2) is 9.97 Å². The van der Waals surface area contributed by atoms with Gasteiger partial charge in [-0.15, -0.1) is 0 Å². The first-order chi connectivity index (χ1) is 11.6. The molecule has 0 aliphatic carbocycles. The molecule has 0 radical (unpaired) electrons. The van der Waals surface area contributed by atoms with Crippen LogP contribution in [0.3, 0.4) is 0 Å². The Kier molecular flexibility index (Phi) is 4.73. The maximum absolute atomic E-state index is 8.99. The Morgan fingerprint density at radius 2 is 1.83 bits per heavy atom. The second kappa shape index (κ2) is 7.11. The van der Waals surface area contributed by atoms with Gasteiger partial charge in [-0.25, -0.2) is 4.98 Å². The molecule has 118 valence electrons. The van der Waals surface area contributed by atoms with Gasteiger partial charge in [-0.2, -0.15) is 10.2 Å². The molecule has 2 aromatic carbocycles. The minimum Gasteiger partial charge on any atom is -0.340 e. The van der Waals surface area contributed by atoms with E-state index in [-0.39, 0.29) is 0 Å². The number of anilines is 4. The highest BCUT2D eigenvalue weighted by atomic mass is 79.9. The fourth-order valence-corrected chi connectivity index (χ4v) is 2.57. The van der Waals surface area contributed by atoms with E-state index in [1.165, 1.54) is 0 Å². The summed E-state index contributed by atoms with van der Waals surface area (Å²) >= 11 is 3.50. The molecule has 0 unspecified atom stereocenters. The molecular weight excluding hydrogens is 366 g/mol. The van der Waals surface area contributed by atoms with Crippen LogP contribution in [0.1, 0.15) is 11.3 Å². The molecule has 0 bridgehead atoms. The molecule has 3 aromatic rings. The second-order valence-corrected chi connectivity index (χ2v) is 5.99. The Bertz CT molecular complexity index is 917. The second-order valence-electron chi connectivity index (χ2n) is 5.14. The van der Waals surface area contributed by atoms with Gasteiger partial charge in [0.1, 0.15) is 5.82 Å². The third-order valence-corrected chi connectivity index (χ3v) is 3.93. The van der Waals surface area contributed by atoms with E-state index in [4.69, 9.17) is 5.26 Å². The molecule has 6 heteroatoms. The van der Waals surface area contributed by atoms with Crippen LogP contribution in [-0.2, 0) is 0 Å². The van der Waals surface area contributed by atoms with Crippen LogP contribution in [0.2, 0.25) is 0 Å². The topological polar surface area (TPSA) is 73.6 Å². The van der Waals surface area contributed by atoms with Crippen LogP contribution in [0, 0.1) is 18.3 Å². The minimum atomic E-state index is 0.501. The highest BCUT2D eigenvalue weighted by Crippen LogP contribution is 2.25. The van der Waals surface area contributed by atoms with Crippen LogP contribution in [0.25, 0.3) is 0 Å². The average Bonchev–Trinajstić information content (AvgIpc) is 2.56. The minimum absolute atomic E-state index is 0.501. The first-order valence-corrected chi connectivity index (χ1v) is 8.08. The van der Waals surface area contributed by atoms with Gasteiger partial charge in [0.25, 0.3) is 0 Å². The predicted octanol–water partition coefficient (Wildman–Crippen LogP) is 4.91. The smallest absolute Gasteiger partial charge is 0.229 e. The van der Waals surface area contributed by atoms with Crippen molar-refractivity contribution in [3.63, 3.8) is 0 Å². The number of nitrogens with zero attached hydrogens (tertiary/aromatic N) is 3. The lowest BCUT2D eigenvalue weighted by atomic mass is 10.2. The molecule has 0 spiro atoms. The Hall–Kier alpha value is -2.91. The number of rotatable bonds is 4. The van der Waals surface area contributed by atoms with Gasteiger partial charge in [0, 0.05) is 21.9 Å². The number of aromatic nitrogens is 2. The fourth-order valence-electron chi connectivity index (χ4n) is 2.19. The molecule has 2 N–H and O–H groups in total. The van der Waals surface area contributed by atoms with E-state index in [1.807, 2.05) is 49.4 Å². The monoisotopic (exact) mass is 379 g/mol. The summed E-state index contributed by atoms with van der Waals surface area (Å²) in [5.41, 5.74) is 3.12. The lowest BCUT2D eigenvalue weighted by Gasteiger charge is -2.11. The Morgan fingerprint density at radius 3 is 2.62 bits per heavy atom. The lowest BCUT2D eigenvalue weighted by Crippen LogP contribution is -2.02. The van der Waals surface area contributed by atoms with Crippen LogP contribution in [0.4, 0.5) is 23.1 Å².